The molecule has 0 aromatic carbocycles. The number of rotatable bonds is 2. The maximum absolute atomic E-state index is 12.1. The molecule has 1 aromatic rings. The first-order valence-electron chi connectivity index (χ1n) is 4.99. The Kier molecular flexibility index (Phi) is 3.72. The van der Waals surface area contributed by atoms with Crippen LogP contribution in [0.4, 0.5) is 13.2 Å². The van der Waals surface area contributed by atoms with Crippen LogP contribution < -0.4 is 9.81 Å². The molecule has 0 atom stereocenters. The summed E-state index contributed by atoms with van der Waals surface area (Å²) in [6, 6.07) is 1.46. The monoisotopic (exact) mass is 300 g/mol. The average molecular weight is 300 g/mol. The van der Waals surface area contributed by atoms with Gasteiger partial charge in [0.25, 0.3) is 0 Å². The van der Waals surface area contributed by atoms with Crippen LogP contribution in [0, 0.1) is 0 Å². The van der Waals surface area contributed by atoms with Gasteiger partial charge < -0.3 is 8.60 Å². The average Bonchev–Trinajstić information content (AvgIpc) is 2.12. The van der Waals surface area contributed by atoms with Crippen LogP contribution in [0.2, 0.25) is 0 Å². The van der Waals surface area contributed by atoms with Gasteiger partial charge in [0.1, 0.15) is 5.76 Å². The second kappa shape index (κ2) is 4.55. The van der Waals surface area contributed by atoms with Gasteiger partial charge in [-0.3, -0.25) is 0 Å². The molecule has 0 saturated carbocycles. The molecule has 1 rings (SSSR count). The molecule has 0 N–H and O–H groups in total. The molecule has 1 heterocycles. The minimum atomic E-state index is -5.81. The molecule has 0 aliphatic heterocycles. The molecule has 0 amide bonds. The molecule has 0 spiro atoms. The normalized spacial score (nSPS) is 13.4. The summed E-state index contributed by atoms with van der Waals surface area (Å²) in [6.45, 7) is 4.90. The van der Waals surface area contributed by atoms with Crippen LogP contribution in [-0.2, 0) is 15.5 Å². The lowest BCUT2D eigenvalue weighted by Gasteiger charge is -2.17. The van der Waals surface area contributed by atoms with Crippen molar-refractivity contribution in [3.8, 4) is 5.75 Å². The van der Waals surface area contributed by atoms with E-state index >= 15 is 0 Å². The molecule has 0 radical (unpaired) electrons. The van der Waals surface area contributed by atoms with E-state index in [4.69, 9.17) is 4.42 Å². The highest BCUT2D eigenvalue weighted by atomic mass is 32.2. The topological polar surface area (TPSA) is 73.6 Å². The molecule has 0 unspecified atom stereocenters. The first-order valence-corrected chi connectivity index (χ1v) is 6.40. The molecule has 0 aliphatic rings. The van der Waals surface area contributed by atoms with Crippen molar-refractivity contribution in [3.63, 3.8) is 0 Å². The van der Waals surface area contributed by atoms with Crippen LogP contribution in [0.3, 0.4) is 0 Å². The minimum absolute atomic E-state index is 0.00683. The third-order valence-corrected chi connectivity index (χ3v) is 2.95. The fraction of sp³-hybridized carbons (Fsp3) is 0.500. The lowest BCUT2D eigenvalue weighted by Crippen LogP contribution is -2.28. The molecule has 0 bridgehead atoms. The molecule has 9 heteroatoms. The van der Waals surface area contributed by atoms with Crippen LogP contribution in [0.15, 0.2) is 21.3 Å². The third kappa shape index (κ3) is 3.72. The fourth-order valence-corrected chi connectivity index (χ4v) is 1.49. The minimum Gasteiger partial charge on any atom is -0.427 e. The predicted octanol–water partition coefficient (Wildman–Crippen LogP) is 2.17. The van der Waals surface area contributed by atoms with E-state index in [1.807, 2.05) is 0 Å². The van der Waals surface area contributed by atoms with Gasteiger partial charge >= 0.3 is 21.3 Å². The van der Waals surface area contributed by atoms with Crippen LogP contribution in [0.1, 0.15) is 26.5 Å². The summed E-state index contributed by atoms with van der Waals surface area (Å²) >= 11 is 0. The number of hydrogen-bond acceptors (Lipinski definition) is 5. The predicted molar refractivity (Wildman–Crippen MR) is 59.3 cm³/mol. The van der Waals surface area contributed by atoms with Gasteiger partial charge in [0.15, 0.2) is 5.75 Å². The van der Waals surface area contributed by atoms with Gasteiger partial charge in [0, 0.05) is 11.5 Å². The van der Waals surface area contributed by atoms with E-state index in [0.29, 0.717) is 6.07 Å². The standard InChI is InChI=1S/C10H11F3O5S/c1-9(2,3)7-4-6(5-8(14)17-7)18-19(15,16)10(11,12)13/h4-5H,1-3H3. The highest BCUT2D eigenvalue weighted by molar-refractivity contribution is 7.87. The zero-order chi connectivity index (χ0) is 15.1. The van der Waals surface area contributed by atoms with E-state index in [9.17, 15) is 26.4 Å². The molecular weight excluding hydrogens is 289 g/mol. The van der Waals surface area contributed by atoms with E-state index in [1.165, 1.54) is 0 Å². The Labute approximate surface area is 107 Å². The zero-order valence-electron chi connectivity index (χ0n) is 10.2. The number of halogens is 3. The Balaban J connectivity index is 3.25. The van der Waals surface area contributed by atoms with Gasteiger partial charge in [-0.1, -0.05) is 20.8 Å². The van der Waals surface area contributed by atoms with Gasteiger partial charge in [-0.05, 0) is 0 Å². The smallest absolute Gasteiger partial charge is 0.427 e. The maximum Gasteiger partial charge on any atom is 0.534 e. The Morgan fingerprint density at radius 2 is 1.68 bits per heavy atom. The Hall–Kier alpha value is -1.51. The van der Waals surface area contributed by atoms with Crippen molar-refractivity contribution >= 4 is 10.1 Å². The van der Waals surface area contributed by atoms with E-state index in [-0.39, 0.29) is 5.76 Å². The Morgan fingerprint density at radius 3 is 2.11 bits per heavy atom. The van der Waals surface area contributed by atoms with Crippen LogP contribution >= 0.6 is 0 Å². The lowest BCUT2D eigenvalue weighted by molar-refractivity contribution is -0.0500. The third-order valence-electron chi connectivity index (χ3n) is 1.97. The molecule has 0 fully saturated rings. The second-order valence-corrected chi connectivity index (χ2v) is 6.25. The second-order valence-electron chi connectivity index (χ2n) is 4.71. The summed E-state index contributed by atoms with van der Waals surface area (Å²) in [7, 11) is -5.81. The quantitative estimate of drug-likeness (QED) is 0.618. The van der Waals surface area contributed by atoms with Crippen molar-refractivity contribution in [1.29, 1.82) is 0 Å². The maximum atomic E-state index is 12.1. The molecule has 19 heavy (non-hydrogen) atoms. The molecular formula is C10H11F3O5S. The van der Waals surface area contributed by atoms with Crippen molar-refractivity contribution in [2.75, 3.05) is 0 Å². The lowest BCUT2D eigenvalue weighted by atomic mass is 9.93. The van der Waals surface area contributed by atoms with Crippen molar-refractivity contribution in [3.05, 3.63) is 28.3 Å². The summed E-state index contributed by atoms with van der Waals surface area (Å²) in [5, 5.41) is 0. The summed E-state index contributed by atoms with van der Waals surface area (Å²) in [4.78, 5) is 11.2. The van der Waals surface area contributed by atoms with Crippen LogP contribution in [0.25, 0.3) is 0 Å². The van der Waals surface area contributed by atoms with Crippen molar-refractivity contribution in [2.45, 2.75) is 31.7 Å². The van der Waals surface area contributed by atoms with Gasteiger partial charge in [0.2, 0.25) is 0 Å². The summed E-state index contributed by atoms with van der Waals surface area (Å²) < 4.78 is 66.7. The number of alkyl halides is 3. The van der Waals surface area contributed by atoms with E-state index in [0.717, 1.165) is 6.07 Å². The first-order chi connectivity index (χ1) is 8.33. The van der Waals surface area contributed by atoms with Crippen LogP contribution in [0.5, 0.6) is 5.75 Å². The SMILES string of the molecule is CC(C)(C)c1cc(OS(=O)(=O)C(F)(F)F)cc(=O)o1. The zero-order valence-corrected chi connectivity index (χ0v) is 11.1. The van der Waals surface area contributed by atoms with Crippen molar-refractivity contribution in [2.24, 2.45) is 0 Å². The number of hydrogen-bond donors (Lipinski definition) is 0. The highest BCUT2D eigenvalue weighted by Crippen LogP contribution is 2.29. The van der Waals surface area contributed by atoms with Crippen molar-refractivity contribution < 1.29 is 30.2 Å². The van der Waals surface area contributed by atoms with E-state index in [1.54, 1.807) is 20.8 Å². The largest absolute Gasteiger partial charge is 0.534 e. The molecule has 0 aliphatic carbocycles. The van der Waals surface area contributed by atoms with Crippen LogP contribution in [-0.4, -0.2) is 13.9 Å². The first kappa shape index (κ1) is 15.5. The highest BCUT2D eigenvalue weighted by Gasteiger charge is 2.48. The fourth-order valence-electron chi connectivity index (χ4n) is 1.05. The Morgan fingerprint density at radius 1 is 1.16 bits per heavy atom. The molecule has 0 saturated heterocycles. The summed E-state index contributed by atoms with van der Waals surface area (Å²) in [5.41, 5.74) is -7.26. The summed E-state index contributed by atoms with van der Waals surface area (Å²) in [5.74, 6) is -0.731. The molecule has 1 aromatic heterocycles. The van der Waals surface area contributed by atoms with Gasteiger partial charge in [-0.25, -0.2) is 4.79 Å². The van der Waals surface area contributed by atoms with Crippen molar-refractivity contribution in [1.82, 2.24) is 0 Å². The Bertz CT molecular complexity index is 622. The van der Waals surface area contributed by atoms with Gasteiger partial charge in [-0.15, -0.1) is 0 Å². The van der Waals surface area contributed by atoms with E-state index in [2.05, 4.69) is 4.18 Å². The molecule has 5 nitrogen and oxygen atoms in total. The van der Waals surface area contributed by atoms with Gasteiger partial charge in [0.05, 0.1) is 6.07 Å². The van der Waals surface area contributed by atoms with E-state index < -0.39 is 32.4 Å². The molecule has 108 valence electrons. The van der Waals surface area contributed by atoms with Gasteiger partial charge in [-0.2, -0.15) is 21.6 Å². The summed E-state index contributed by atoms with van der Waals surface area (Å²) in [6.07, 6.45) is 0.